The average Bonchev–Trinajstić information content (AvgIpc) is 2.54. The second-order valence-corrected chi connectivity index (χ2v) is 6.10. The Labute approximate surface area is 136 Å². The van der Waals surface area contributed by atoms with Gasteiger partial charge in [-0.25, -0.2) is 0 Å². The summed E-state index contributed by atoms with van der Waals surface area (Å²) >= 11 is 1.65. The molecule has 0 saturated heterocycles. The third-order valence-corrected chi connectivity index (χ3v) is 4.13. The summed E-state index contributed by atoms with van der Waals surface area (Å²) in [6, 6.07) is 10.3. The van der Waals surface area contributed by atoms with E-state index in [1.165, 1.54) is 16.7 Å². The number of aryl methyl sites for hydroxylation is 1. The zero-order valence-corrected chi connectivity index (χ0v) is 14.0. The van der Waals surface area contributed by atoms with Crippen molar-refractivity contribution >= 4 is 11.8 Å². The summed E-state index contributed by atoms with van der Waals surface area (Å²) in [4.78, 5) is 4.52. The smallest absolute Gasteiger partial charge is 0.0894 e. The Morgan fingerprint density at radius 3 is 2.77 bits per heavy atom. The Bertz CT molecular complexity index is 734. The molecule has 0 radical (unpaired) electrons. The lowest BCUT2D eigenvalue weighted by Crippen LogP contribution is -1.93. The first kappa shape index (κ1) is 16.2. The summed E-state index contributed by atoms with van der Waals surface area (Å²) < 4.78 is 0. The molecule has 1 heterocycles. The molecule has 0 bridgehead atoms. The van der Waals surface area contributed by atoms with Gasteiger partial charge in [0.25, 0.3) is 0 Å². The lowest BCUT2D eigenvalue weighted by Gasteiger charge is -2.07. The van der Waals surface area contributed by atoms with E-state index in [4.69, 9.17) is 5.73 Å². The molecule has 0 unspecified atom stereocenters. The van der Waals surface area contributed by atoms with Crippen molar-refractivity contribution in [3.8, 4) is 23.1 Å². The van der Waals surface area contributed by atoms with E-state index in [-0.39, 0.29) is 0 Å². The number of nitrogens with zero attached hydrogens (tertiary/aromatic N) is 1. The Hall–Kier alpha value is -2.18. The van der Waals surface area contributed by atoms with Gasteiger partial charge in [0.05, 0.1) is 11.4 Å². The van der Waals surface area contributed by atoms with Crippen molar-refractivity contribution < 1.29 is 0 Å². The van der Waals surface area contributed by atoms with Gasteiger partial charge >= 0.3 is 0 Å². The number of hydrogen-bond acceptors (Lipinski definition) is 3. The molecule has 0 spiro atoms. The lowest BCUT2D eigenvalue weighted by molar-refractivity contribution is 1.27. The van der Waals surface area contributed by atoms with Gasteiger partial charge in [-0.1, -0.05) is 31.0 Å². The van der Waals surface area contributed by atoms with Crippen molar-refractivity contribution in [2.24, 2.45) is 5.73 Å². The molecule has 0 aliphatic carbocycles. The van der Waals surface area contributed by atoms with Crippen LogP contribution in [0, 0.1) is 25.7 Å². The van der Waals surface area contributed by atoms with Crippen molar-refractivity contribution in [1.82, 2.24) is 4.98 Å². The van der Waals surface area contributed by atoms with Gasteiger partial charge < -0.3 is 5.73 Å². The van der Waals surface area contributed by atoms with E-state index in [1.807, 2.05) is 17.5 Å². The third-order valence-electron chi connectivity index (χ3n) is 3.37. The molecule has 2 rings (SSSR count). The number of rotatable bonds is 3. The van der Waals surface area contributed by atoms with Crippen LogP contribution in [0.15, 0.2) is 47.6 Å². The van der Waals surface area contributed by atoms with Crippen LogP contribution in [0.3, 0.4) is 0 Å². The predicted molar refractivity (Wildman–Crippen MR) is 96.4 cm³/mol. The number of aromatic nitrogens is 1. The van der Waals surface area contributed by atoms with Crippen molar-refractivity contribution in [2.45, 2.75) is 20.8 Å². The van der Waals surface area contributed by atoms with Crippen LogP contribution in [-0.2, 0) is 0 Å². The largest absolute Gasteiger partial charge is 0.391 e. The highest BCUT2D eigenvalue weighted by Gasteiger charge is 2.04. The van der Waals surface area contributed by atoms with Gasteiger partial charge in [-0.2, -0.15) is 0 Å². The quantitative estimate of drug-likeness (QED) is 0.861. The summed E-state index contributed by atoms with van der Waals surface area (Å²) in [6.45, 7) is 6.32. The molecule has 2 nitrogen and oxygen atoms in total. The monoisotopic (exact) mass is 308 g/mol. The highest BCUT2D eigenvalue weighted by molar-refractivity contribution is 8.02. The molecule has 0 saturated carbocycles. The van der Waals surface area contributed by atoms with E-state index in [2.05, 4.69) is 55.8 Å². The Kier molecular flexibility index (Phi) is 5.68. The number of nitrogens with two attached hydrogens (primary N) is 1. The first-order valence-electron chi connectivity index (χ1n) is 7.23. The topological polar surface area (TPSA) is 38.9 Å². The molecular formula is C19H20N2S. The Balaban J connectivity index is 2.21. The minimum Gasteiger partial charge on any atom is -0.391 e. The van der Waals surface area contributed by atoms with Gasteiger partial charge in [-0.3, -0.25) is 4.98 Å². The van der Waals surface area contributed by atoms with Gasteiger partial charge in [0.1, 0.15) is 0 Å². The van der Waals surface area contributed by atoms with Crippen LogP contribution in [0.25, 0.3) is 11.3 Å². The molecule has 3 heteroatoms. The fraction of sp³-hybridized carbons (Fsp3) is 0.211. The van der Waals surface area contributed by atoms with E-state index in [0.717, 1.165) is 17.0 Å². The summed E-state index contributed by atoms with van der Waals surface area (Å²) in [5, 5.41) is 1.88. The molecular weight excluding hydrogens is 288 g/mol. The third kappa shape index (κ3) is 4.16. The minimum absolute atomic E-state index is 0.588. The number of allylic oxidation sites excluding steroid dienone is 1. The van der Waals surface area contributed by atoms with Crippen molar-refractivity contribution in [1.29, 1.82) is 0 Å². The number of hydrogen-bond donors (Lipinski definition) is 1. The summed E-state index contributed by atoms with van der Waals surface area (Å²) in [6.07, 6.45) is 1.80. The van der Waals surface area contributed by atoms with Crippen molar-refractivity contribution in [3.05, 3.63) is 64.3 Å². The normalized spacial score (nSPS) is 11.0. The maximum Gasteiger partial charge on any atom is 0.0894 e. The van der Waals surface area contributed by atoms with E-state index in [0.29, 0.717) is 5.70 Å². The van der Waals surface area contributed by atoms with E-state index in [9.17, 15) is 0 Å². The van der Waals surface area contributed by atoms with Gasteiger partial charge in [-0.15, -0.1) is 11.8 Å². The van der Waals surface area contributed by atoms with Crippen molar-refractivity contribution in [3.63, 3.8) is 0 Å². The first-order chi connectivity index (χ1) is 10.6. The van der Waals surface area contributed by atoms with Crippen LogP contribution in [0.4, 0.5) is 0 Å². The van der Waals surface area contributed by atoms with Gasteiger partial charge in [0.2, 0.25) is 0 Å². The zero-order valence-electron chi connectivity index (χ0n) is 13.2. The summed E-state index contributed by atoms with van der Waals surface area (Å²) in [5.41, 5.74) is 11.9. The average molecular weight is 308 g/mol. The van der Waals surface area contributed by atoms with E-state index < -0.39 is 0 Å². The predicted octanol–water partition coefficient (Wildman–Crippen LogP) is 4.27. The standard InChI is InChI=1S/C19H20N2S/c1-4-22-13-17(20)10-8-16-9-11-19(21-12-16)18-7-5-6-14(2)15(18)3/h5-7,9,11-13H,4,20H2,1-3H3/b17-13-. The molecule has 0 aliphatic heterocycles. The number of benzene rings is 1. The number of thioether (sulfide) groups is 1. The fourth-order valence-corrected chi connectivity index (χ4v) is 2.41. The van der Waals surface area contributed by atoms with Crippen LogP contribution in [0.1, 0.15) is 23.6 Å². The maximum atomic E-state index is 5.81. The molecule has 0 atom stereocenters. The molecule has 2 aromatic rings. The van der Waals surface area contributed by atoms with Gasteiger partial charge in [0, 0.05) is 22.7 Å². The summed E-state index contributed by atoms with van der Waals surface area (Å²) in [7, 11) is 0. The number of pyridine rings is 1. The molecule has 0 amide bonds. The van der Waals surface area contributed by atoms with Crippen LogP contribution >= 0.6 is 11.8 Å². The van der Waals surface area contributed by atoms with Crippen molar-refractivity contribution in [2.75, 3.05) is 5.75 Å². The van der Waals surface area contributed by atoms with Gasteiger partial charge in [-0.05, 0) is 48.8 Å². The molecule has 1 aromatic carbocycles. The Morgan fingerprint density at radius 1 is 1.27 bits per heavy atom. The van der Waals surface area contributed by atoms with Crippen LogP contribution in [0.2, 0.25) is 0 Å². The maximum absolute atomic E-state index is 5.81. The van der Waals surface area contributed by atoms with Crippen LogP contribution in [-0.4, -0.2) is 10.7 Å². The van der Waals surface area contributed by atoms with Crippen LogP contribution in [0.5, 0.6) is 0 Å². The molecule has 0 fully saturated rings. The highest BCUT2D eigenvalue weighted by atomic mass is 32.2. The molecule has 1 aromatic heterocycles. The SMILES string of the molecule is CCS/C=C(\N)C#Cc1ccc(-c2cccc(C)c2C)nc1. The second kappa shape index (κ2) is 7.72. The Morgan fingerprint density at radius 2 is 2.09 bits per heavy atom. The van der Waals surface area contributed by atoms with Crippen LogP contribution < -0.4 is 5.73 Å². The molecule has 112 valence electrons. The first-order valence-corrected chi connectivity index (χ1v) is 8.28. The minimum atomic E-state index is 0.588. The highest BCUT2D eigenvalue weighted by Crippen LogP contribution is 2.23. The second-order valence-electron chi connectivity index (χ2n) is 4.96. The van der Waals surface area contributed by atoms with E-state index in [1.54, 1.807) is 18.0 Å². The zero-order chi connectivity index (χ0) is 15.9. The summed E-state index contributed by atoms with van der Waals surface area (Å²) in [5.74, 6) is 6.97. The molecule has 0 aliphatic rings. The lowest BCUT2D eigenvalue weighted by atomic mass is 10.0. The van der Waals surface area contributed by atoms with E-state index >= 15 is 0 Å². The molecule has 2 N–H and O–H groups in total. The fourth-order valence-electron chi connectivity index (χ4n) is 2.00. The van der Waals surface area contributed by atoms with Gasteiger partial charge in [0.15, 0.2) is 0 Å². The molecule has 22 heavy (non-hydrogen) atoms.